The number of alkyl carbamates (subject to hydrolysis) is 1. The third kappa shape index (κ3) is 5.42. The summed E-state index contributed by atoms with van der Waals surface area (Å²) in [7, 11) is 1.21. The standard InChI is InChI=1S/C27H36F3N3O5/c1-17(2)33(18-9-5-4-6-10-18)23(34)19-15-21-22(16-20(19)27(28,29)30)38-26(11-7-8-12-26)24(35)32(21)14-13-31-25(36)37-3/h15-18H,4-14H2,1-3H3,(H,31,36). The zero-order valence-corrected chi connectivity index (χ0v) is 22.2. The van der Waals surface area contributed by atoms with Gasteiger partial charge in [-0.05, 0) is 64.5 Å². The molecule has 2 fully saturated rings. The highest BCUT2D eigenvalue weighted by molar-refractivity contribution is 6.05. The largest absolute Gasteiger partial charge is 0.475 e. The van der Waals surface area contributed by atoms with Crippen LogP contribution in [0.5, 0.6) is 5.75 Å². The van der Waals surface area contributed by atoms with Crippen molar-refractivity contribution >= 4 is 23.6 Å². The van der Waals surface area contributed by atoms with Crippen LogP contribution in [0.4, 0.5) is 23.7 Å². The lowest BCUT2D eigenvalue weighted by molar-refractivity contribution is -0.138. The number of anilines is 1. The van der Waals surface area contributed by atoms with Crippen molar-refractivity contribution in [2.24, 2.45) is 0 Å². The molecule has 0 radical (unpaired) electrons. The van der Waals surface area contributed by atoms with Gasteiger partial charge in [0.15, 0.2) is 5.60 Å². The maximum atomic E-state index is 14.4. The molecule has 2 saturated carbocycles. The van der Waals surface area contributed by atoms with Gasteiger partial charge in [0.1, 0.15) is 5.75 Å². The van der Waals surface area contributed by atoms with E-state index in [0.29, 0.717) is 25.7 Å². The van der Waals surface area contributed by atoms with Gasteiger partial charge in [0.2, 0.25) is 0 Å². The van der Waals surface area contributed by atoms with E-state index in [1.807, 2.05) is 0 Å². The minimum Gasteiger partial charge on any atom is -0.475 e. The van der Waals surface area contributed by atoms with Gasteiger partial charge in [-0.25, -0.2) is 4.79 Å². The second-order valence-corrected chi connectivity index (χ2v) is 10.6. The lowest BCUT2D eigenvalue weighted by atomic mass is 9.91. The molecule has 3 amide bonds. The van der Waals surface area contributed by atoms with Gasteiger partial charge < -0.3 is 24.6 Å². The Morgan fingerprint density at radius 2 is 1.82 bits per heavy atom. The minimum atomic E-state index is -4.81. The first-order valence-corrected chi connectivity index (χ1v) is 13.4. The van der Waals surface area contributed by atoms with Crippen LogP contribution in [0.25, 0.3) is 0 Å². The predicted molar refractivity (Wildman–Crippen MR) is 134 cm³/mol. The van der Waals surface area contributed by atoms with Crippen molar-refractivity contribution in [3.63, 3.8) is 0 Å². The molecule has 1 N–H and O–H groups in total. The van der Waals surface area contributed by atoms with Crippen LogP contribution < -0.4 is 15.0 Å². The summed E-state index contributed by atoms with van der Waals surface area (Å²) in [5.74, 6) is -1.16. The summed E-state index contributed by atoms with van der Waals surface area (Å²) >= 11 is 0. The Morgan fingerprint density at radius 3 is 2.39 bits per heavy atom. The number of carbonyl (C=O) groups is 3. The molecular weight excluding hydrogens is 503 g/mol. The van der Waals surface area contributed by atoms with E-state index in [2.05, 4.69) is 10.1 Å². The van der Waals surface area contributed by atoms with E-state index >= 15 is 0 Å². The van der Waals surface area contributed by atoms with Gasteiger partial charge in [-0.2, -0.15) is 13.2 Å². The normalized spacial score (nSPS) is 19.3. The summed E-state index contributed by atoms with van der Waals surface area (Å²) < 4.78 is 53.8. The Labute approximate surface area is 220 Å². The van der Waals surface area contributed by atoms with Crippen molar-refractivity contribution in [3.8, 4) is 5.75 Å². The van der Waals surface area contributed by atoms with Crippen LogP contribution in [0, 0.1) is 0 Å². The Hall–Kier alpha value is -2.98. The maximum absolute atomic E-state index is 14.4. The molecule has 3 aliphatic rings. The second-order valence-electron chi connectivity index (χ2n) is 10.6. The van der Waals surface area contributed by atoms with Gasteiger partial charge in [0.05, 0.1) is 23.9 Å². The molecule has 210 valence electrons. The van der Waals surface area contributed by atoms with E-state index in [4.69, 9.17) is 4.74 Å². The van der Waals surface area contributed by atoms with Crippen LogP contribution in [0.15, 0.2) is 12.1 Å². The predicted octanol–water partition coefficient (Wildman–Crippen LogP) is 5.28. The summed E-state index contributed by atoms with van der Waals surface area (Å²) in [6.07, 6.45) is 1.06. The Morgan fingerprint density at radius 1 is 1.16 bits per heavy atom. The molecule has 4 rings (SSSR count). The second kappa shape index (κ2) is 11.0. The third-order valence-corrected chi connectivity index (χ3v) is 7.83. The lowest BCUT2D eigenvalue weighted by Gasteiger charge is -2.42. The number of hydrogen-bond acceptors (Lipinski definition) is 5. The zero-order chi connectivity index (χ0) is 27.7. The number of nitrogens with zero attached hydrogens (tertiary/aromatic N) is 2. The monoisotopic (exact) mass is 539 g/mol. The summed E-state index contributed by atoms with van der Waals surface area (Å²) in [4.78, 5) is 42.0. The van der Waals surface area contributed by atoms with Gasteiger partial charge in [0, 0.05) is 25.2 Å². The number of carbonyl (C=O) groups excluding carboxylic acids is 3. The molecule has 8 nitrogen and oxygen atoms in total. The van der Waals surface area contributed by atoms with E-state index in [0.717, 1.165) is 44.2 Å². The molecule has 1 aromatic carbocycles. The average molecular weight is 540 g/mol. The molecule has 0 aromatic heterocycles. The summed E-state index contributed by atoms with van der Waals surface area (Å²) in [5.41, 5.74) is -2.72. The molecular formula is C27H36F3N3O5. The summed E-state index contributed by atoms with van der Waals surface area (Å²) in [6.45, 7) is 3.61. The van der Waals surface area contributed by atoms with Crippen LogP contribution in [0.1, 0.15) is 87.6 Å². The first kappa shape index (κ1) is 28.0. The average Bonchev–Trinajstić information content (AvgIpc) is 3.34. The highest BCUT2D eigenvalue weighted by atomic mass is 19.4. The van der Waals surface area contributed by atoms with Crippen molar-refractivity contribution in [1.29, 1.82) is 0 Å². The van der Waals surface area contributed by atoms with Crippen molar-refractivity contribution in [2.45, 2.75) is 95.5 Å². The number of methoxy groups -OCH3 is 1. The molecule has 2 aliphatic carbocycles. The van der Waals surface area contributed by atoms with Crippen LogP contribution >= 0.6 is 0 Å². The number of benzene rings is 1. The van der Waals surface area contributed by atoms with Gasteiger partial charge in [-0.15, -0.1) is 0 Å². The van der Waals surface area contributed by atoms with Crippen LogP contribution in [-0.2, 0) is 15.7 Å². The summed E-state index contributed by atoms with van der Waals surface area (Å²) in [6, 6.07) is 1.57. The van der Waals surface area contributed by atoms with Crippen molar-refractivity contribution in [2.75, 3.05) is 25.1 Å². The van der Waals surface area contributed by atoms with Gasteiger partial charge in [-0.1, -0.05) is 19.3 Å². The summed E-state index contributed by atoms with van der Waals surface area (Å²) in [5, 5.41) is 2.51. The van der Waals surface area contributed by atoms with Crippen LogP contribution in [0.3, 0.4) is 0 Å². The van der Waals surface area contributed by atoms with Crippen molar-refractivity contribution in [1.82, 2.24) is 10.2 Å². The Bertz CT molecular complexity index is 1060. The molecule has 1 heterocycles. The molecule has 0 bridgehead atoms. The number of rotatable bonds is 6. The number of hydrogen-bond donors (Lipinski definition) is 1. The number of halogens is 3. The van der Waals surface area contributed by atoms with Gasteiger partial charge in [-0.3, -0.25) is 9.59 Å². The molecule has 0 atom stereocenters. The maximum Gasteiger partial charge on any atom is 0.417 e. The third-order valence-electron chi connectivity index (χ3n) is 7.83. The fraction of sp³-hybridized carbons (Fsp3) is 0.667. The Balaban J connectivity index is 1.79. The smallest absolute Gasteiger partial charge is 0.417 e. The molecule has 1 aromatic rings. The van der Waals surface area contributed by atoms with Crippen molar-refractivity contribution < 1.29 is 37.0 Å². The Kier molecular flexibility index (Phi) is 8.13. The number of alkyl halides is 3. The van der Waals surface area contributed by atoms with E-state index in [9.17, 15) is 27.6 Å². The van der Waals surface area contributed by atoms with E-state index < -0.39 is 34.9 Å². The van der Waals surface area contributed by atoms with E-state index in [1.54, 1.807) is 18.7 Å². The first-order chi connectivity index (χ1) is 18.0. The zero-order valence-electron chi connectivity index (χ0n) is 22.2. The molecule has 0 saturated heterocycles. The molecule has 0 unspecified atom stereocenters. The van der Waals surface area contributed by atoms with Gasteiger partial charge >= 0.3 is 12.3 Å². The SMILES string of the molecule is COC(=O)NCCN1C(=O)C2(CCCC2)Oc2cc(C(F)(F)F)c(C(=O)N(C(C)C)C3CCCCC3)cc21. The number of ether oxygens (including phenoxy) is 2. The lowest BCUT2D eigenvalue weighted by Crippen LogP contribution is -2.56. The first-order valence-electron chi connectivity index (χ1n) is 13.4. The fourth-order valence-corrected chi connectivity index (χ4v) is 6.03. The molecule has 38 heavy (non-hydrogen) atoms. The van der Waals surface area contributed by atoms with E-state index in [-0.39, 0.29) is 42.5 Å². The fourth-order valence-electron chi connectivity index (χ4n) is 6.03. The van der Waals surface area contributed by atoms with E-state index in [1.165, 1.54) is 12.0 Å². The highest BCUT2D eigenvalue weighted by Gasteiger charge is 2.51. The van der Waals surface area contributed by atoms with Crippen molar-refractivity contribution in [3.05, 3.63) is 23.3 Å². The molecule has 1 spiro atoms. The minimum absolute atomic E-state index is 0.0123. The van der Waals surface area contributed by atoms with Crippen LogP contribution in [0.2, 0.25) is 0 Å². The molecule has 11 heteroatoms. The number of nitrogens with one attached hydrogen (secondary N) is 1. The number of amides is 3. The highest BCUT2D eigenvalue weighted by Crippen LogP contribution is 2.48. The topological polar surface area (TPSA) is 88.2 Å². The quantitative estimate of drug-likeness (QED) is 0.531. The van der Waals surface area contributed by atoms with Crippen LogP contribution in [-0.4, -0.2) is 60.7 Å². The van der Waals surface area contributed by atoms with Gasteiger partial charge in [0.25, 0.3) is 11.8 Å². The number of fused-ring (bicyclic) bond motifs is 1. The molecule has 1 aliphatic heterocycles.